The van der Waals surface area contributed by atoms with Gasteiger partial charge in [0.15, 0.2) is 0 Å². The fraction of sp³-hybridized carbons (Fsp3) is 0.513. The Morgan fingerprint density at radius 3 is 1.62 bits per heavy atom. The van der Waals surface area contributed by atoms with Crippen molar-refractivity contribution < 1.29 is 24.2 Å². The van der Waals surface area contributed by atoms with E-state index in [1.165, 1.54) is 109 Å². The summed E-state index contributed by atoms with van der Waals surface area (Å²) < 4.78 is 3.34. The van der Waals surface area contributed by atoms with Crippen molar-refractivity contribution in [3.8, 4) is 11.1 Å². The van der Waals surface area contributed by atoms with Crippen LogP contribution < -0.4 is 0 Å². The van der Waals surface area contributed by atoms with Crippen molar-refractivity contribution in [2.24, 2.45) is 11.8 Å². The molecule has 0 nitrogen and oxygen atoms in total. The van der Waals surface area contributed by atoms with Crippen molar-refractivity contribution in [1.29, 1.82) is 0 Å². The molecule has 4 aliphatic carbocycles. The molecule has 4 aliphatic rings. The molecule has 0 bridgehead atoms. The summed E-state index contributed by atoms with van der Waals surface area (Å²) in [7, 11) is 0. The molecule has 0 radical (unpaired) electrons. The minimum absolute atomic E-state index is 0. The summed E-state index contributed by atoms with van der Waals surface area (Å²) in [5.74, 6) is 1.59. The molecule has 0 amide bonds. The van der Waals surface area contributed by atoms with Gasteiger partial charge in [-0.3, -0.25) is 6.08 Å². The van der Waals surface area contributed by atoms with E-state index in [0.29, 0.717) is 0 Å². The molecule has 2 aromatic carbocycles. The molecule has 0 aliphatic heterocycles. The molecular weight excluding hydrogens is 631 g/mol. The topological polar surface area (TPSA) is 0 Å². The van der Waals surface area contributed by atoms with E-state index < -0.39 is 0 Å². The predicted molar refractivity (Wildman–Crippen MR) is 189 cm³/mol. The second-order valence-electron chi connectivity index (χ2n) is 13.6. The number of rotatable bonds is 0. The van der Waals surface area contributed by atoms with E-state index in [-0.39, 0.29) is 35.6 Å². The van der Waals surface area contributed by atoms with Crippen LogP contribution in [0.4, 0.5) is 0 Å². The van der Waals surface area contributed by atoms with Gasteiger partial charge in [-0.1, -0.05) is 128 Å². The molecule has 0 spiro atoms. The molecule has 0 N–H and O–H groups in total. The fourth-order valence-corrected chi connectivity index (χ4v) is 5.35. The SMILES string of the molecule is CC(C)(C)c1c[c-]c2c(c1)-c1cc(C(C)(C)C)ccc1C2.Cl.Cl.[C-]1=CC=CC1.[CH2-]C1CCCC1.[CH2-]C1CCCC1.[CH2]=[Zr]. The van der Waals surface area contributed by atoms with E-state index in [1.54, 1.807) is 0 Å². The second kappa shape index (κ2) is 20.3. The van der Waals surface area contributed by atoms with Gasteiger partial charge in [0, 0.05) is 0 Å². The Morgan fingerprint density at radius 2 is 1.26 bits per heavy atom. The van der Waals surface area contributed by atoms with Crippen LogP contribution in [-0.4, -0.2) is 4.21 Å². The molecule has 2 saturated carbocycles. The number of hydrogen-bond donors (Lipinski definition) is 0. The van der Waals surface area contributed by atoms with Crippen molar-refractivity contribution in [2.75, 3.05) is 0 Å². The van der Waals surface area contributed by atoms with Crippen LogP contribution in [0.2, 0.25) is 0 Å². The summed E-state index contributed by atoms with van der Waals surface area (Å²) in [6, 6.07) is 15.1. The Labute approximate surface area is 287 Å². The fourth-order valence-electron chi connectivity index (χ4n) is 5.35. The van der Waals surface area contributed by atoms with Gasteiger partial charge in [0.05, 0.1) is 0 Å². The van der Waals surface area contributed by atoms with E-state index in [2.05, 4.69) is 108 Å². The predicted octanol–water partition coefficient (Wildman–Crippen LogP) is 11.8. The first-order valence-corrected chi connectivity index (χ1v) is 17.1. The Kier molecular flexibility index (Phi) is 20.0. The van der Waals surface area contributed by atoms with Crippen molar-refractivity contribution in [1.82, 2.24) is 0 Å². The Hall–Kier alpha value is -0.747. The van der Waals surface area contributed by atoms with E-state index in [9.17, 15) is 0 Å². The zero-order valence-electron chi connectivity index (χ0n) is 27.3. The number of halogens is 2. The van der Waals surface area contributed by atoms with Crippen LogP contribution in [0.1, 0.15) is 122 Å². The van der Waals surface area contributed by atoms with Crippen molar-refractivity contribution in [2.45, 2.75) is 117 Å². The Bertz CT molecular complexity index is 1000. The molecule has 234 valence electrons. The first-order chi connectivity index (χ1) is 18.9. The van der Waals surface area contributed by atoms with Gasteiger partial charge in [-0.15, -0.1) is 36.8 Å². The van der Waals surface area contributed by atoms with E-state index >= 15 is 0 Å². The summed E-state index contributed by atoms with van der Waals surface area (Å²) in [6.07, 6.45) is 22.2. The van der Waals surface area contributed by atoms with E-state index in [1.807, 2.05) is 12.2 Å². The molecule has 6 rings (SSSR count). The summed E-state index contributed by atoms with van der Waals surface area (Å²) in [5, 5.41) is 0. The molecule has 0 unspecified atom stereocenters. The van der Waals surface area contributed by atoms with Crippen LogP contribution >= 0.6 is 24.8 Å². The Morgan fingerprint density at radius 1 is 0.762 bits per heavy atom. The zero-order chi connectivity index (χ0) is 29.8. The molecule has 0 aromatic heterocycles. The summed E-state index contributed by atoms with van der Waals surface area (Å²) in [5.41, 5.74) is 8.76. The second-order valence-corrected chi connectivity index (χ2v) is 13.6. The van der Waals surface area contributed by atoms with Crippen molar-refractivity contribution in [3.63, 3.8) is 0 Å². The van der Waals surface area contributed by atoms with Crippen LogP contribution in [0, 0.1) is 37.8 Å². The average Bonchev–Trinajstić information content (AvgIpc) is 3.73. The quantitative estimate of drug-likeness (QED) is 0.207. The number of fused-ring (bicyclic) bond motifs is 3. The Balaban J connectivity index is 0.000000651. The molecule has 2 aromatic rings. The standard InChI is InChI=1S/C21H25.2C6H11.C5H5.CH2.2ClH.Zr/c1-20(2,3)16-9-7-14-11-15-8-10-17(21(4,5)6)13-19(15)18(14)12-16;2*1-6-4-2-3-5-6;1-2-4-5-3-1;;;;/h7,9-10,12-13H,11H2,1-6H3;2*6H,1-5H2;1-3H,4H2;1H2;2*1H;/q4*-1;;;;. The van der Waals surface area contributed by atoms with Gasteiger partial charge in [0.25, 0.3) is 0 Å². The van der Waals surface area contributed by atoms with Gasteiger partial charge in [-0.2, -0.15) is 47.2 Å². The van der Waals surface area contributed by atoms with Gasteiger partial charge >= 0.3 is 28.4 Å². The van der Waals surface area contributed by atoms with Crippen molar-refractivity contribution in [3.05, 3.63) is 96.8 Å². The third kappa shape index (κ3) is 13.9. The molecule has 0 saturated heterocycles. The maximum absolute atomic E-state index is 3.94. The number of hydrogen-bond acceptors (Lipinski definition) is 0. The van der Waals surface area contributed by atoms with Crippen LogP contribution in [0.25, 0.3) is 11.1 Å². The van der Waals surface area contributed by atoms with E-state index in [4.69, 9.17) is 0 Å². The maximum atomic E-state index is 3.94. The molecular formula is C39H56Cl2Zr-4. The van der Waals surface area contributed by atoms with Crippen LogP contribution in [0.3, 0.4) is 0 Å². The van der Waals surface area contributed by atoms with Gasteiger partial charge in [0.2, 0.25) is 0 Å². The van der Waals surface area contributed by atoms with Gasteiger partial charge in [-0.05, 0) is 17.4 Å². The third-order valence-corrected chi connectivity index (χ3v) is 8.06. The van der Waals surface area contributed by atoms with Crippen LogP contribution in [0.5, 0.6) is 0 Å². The normalized spacial score (nSPS) is 16.5. The van der Waals surface area contributed by atoms with Crippen LogP contribution in [0.15, 0.2) is 48.6 Å². The van der Waals surface area contributed by atoms with E-state index in [0.717, 1.165) is 24.7 Å². The van der Waals surface area contributed by atoms with Gasteiger partial charge < -0.3 is 13.8 Å². The first-order valence-electron chi connectivity index (χ1n) is 15.4. The summed E-state index contributed by atoms with van der Waals surface area (Å²) in [6.45, 7) is 21.5. The monoisotopic (exact) mass is 684 g/mol. The van der Waals surface area contributed by atoms with Gasteiger partial charge in [0.1, 0.15) is 0 Å². The first kappa shape index (κ1) is 41.3. The zero-order valence-corrected chi connectivity index (χ0v) is 31.4. The van der Waals surface area contributed by atoms with Crippen LogP contribution in [-0.2, 0) is 41.5 Å². The molecule has 0 heterocycles. The summed E-state index contributed by atoms with van der Waals surface area (Å²) in [4.78, 5) is 0. The molecule has 42 heavy (non-hydrogen) atoms. The molecule has 0 atom stereocenters. The average molecular weight is 687 g/mol. The van der Waals surface area contributed by atoms with Crippen molar-refractivity contribution >= 4 is 29.0 Å². The number of benzene rings is 2. The number of allylic oxidation sites excluding steroid dienone is 4. The minimum atomic E-state index is 0. The molecule has 2 fully saturated rings. The third-order valence-electron chi connectivity index (χ3n) is 8.06. The summed E-state index contributed by atoms with van der Waals surface area (Å²) >= 11 is 1.30. The molecule has 3 heteroatoms. The van der Waals surface area contributed by atoms with Gasteiger partial charge in [-0.25, -0.2) is 12.2 Å².